The molecule has 11 heteroatoms. The molecule has 0 saturated carbocycles. The molecule has 0 aliphatic rings. The Hall–Kier alpha value is -3.08. The van der Waals surface area contributed by atoms with Gasteiger partial charge in [0.05, 0.1) is 31.7 Å². The highest BCUT2D eigenvalue weighted by molar-refractivity contribution is 7.80. The number of benzene rings is 1. The molecule has 2 aromatic heterocycles. The van der Waals surface area contributed by atoms with Crippen molar-refractivity contribution in [1.29, 1.82) is 0 Å². The van der Waals surface area contributed by atoms with Gasteiger partial charge in [-0.1, -0.05) is 38.2 Å². The van der Waals surface area contributed by atoms with Crippen LogP contribution >= 0.6 is 12.2 Å². The number of methoxy groups -OCH3 is 1. The highest BCUT2D eigenvalue weighted by Gasteiger charge is 2.28. The summed E-state index contributed by atoms with van der Waals surface area (Å²) in [5.74, 6) is 1.22. The van der Waals surface area contributed by atoms with Gasteiger partial charge in [-0.25, -0.2) is 4.98 Å². The molecule has 3 aromatic rings. The molecule has 0 saturated heterocycles. The Morgan fingerprint density at radius 2 is 1.94 bits per heavy atom. The van der Waals surface area contributed by atoms with Crippen LogP contribution in [0.4, 0.5) is 13.2 Å². The number of aromatic nitrogens is 3. The van der Waals surface area contributed by atoms with Gasteiger partial charge in [-0.15, -0.1) is 0 Å². The van der Waals surface area contributed by atoms with Gasteiger partial charge in [-0.2, -0.15) is 13.2 Å². The van der Waals surface area contributed by atoms with E-state index in [0.29, 0.717) is 5.69 Å². The van der Waals surface area contributed by atoms with Gasteiger partial charge < -0.3 is 23.9 Å². The van der Waals surface area contributed by atoms with Crippen molar-refractivity contribution in [3.8, 4) is 11.6 Å². The minimum absolute atomic E-state index is 0.0532. The molecule has 0 spiro atoms. The number of thiocarbonyl (C=S) groups is 1. The van der Waals surface area contributed by atoms with Crippen LogP contribution in [-0.2, 0) is 19.7 Å². The lowest BCUT2D eigenvalue weighted by atomic mass is 10.2. The van der Waals surface area contributed by atoms with Gasteiger partial charge in [0.1, 0.15) is 23.9 Å². The lowest BCUT2D eigenvalue weighted by Crippen LogP contribution is -2.25. The first-order valence-corrected chi connectivity index (χ1v) is 9.81. The van der Waals surface area contributed by atoms with E-state index in [9.17, 15) is 13.2 Å². The average Bonchev–Trinajstić information content (AvgIpc) is 3.41. The largest absolute Gasteiger partial charge is 0.497 e. The zero-order valence-corrected chi connectivity index (χ0v) is 18.1. The second-order valence-electron chi connectivity index (χ2n) is 5.98. The van der Waals surface area contributed by atoms with Crippen molar-refractivity contribution < 1.29 is 27.2 Å². The fourth-order valence-electron chi connectivity index (χ4n) is 2.40. The van der Waals surface area contributed by atoms with Crippen molar-refractivity contribution in [3.05, 3.63) is 59.9 Å². The van der Waals surface area contributed by atoms with Gasteiger partial charge >= 0.3 is 6.18 Å². The third-order valence-electron chi connectivity index (χ3n) is 3.84. The molecule has 0 bridgehead atoms. The summed E-state index contributed by atoms with van der Waals surface area (Å²) < 4.78 is 54.5. The van der Waals surface area contributed by atoms with Crippen molar-refractivity contribution >= 4 is 17.2 Å². The van der Waals surface area contributed by atoms with Gasteiger partial charge in [-0.3, -0.25) is 0 Å². The number of rotatable bonds is 8. The maximum atomic E-state index is 12.6. The first-order valence-electron chi connectivity index (χ1n) is 9.40. The van der Waals surface area contributed by atoms with E-state index < -0.39 is 12.7 Å². The molecular formula is C20H23F3N4O3S. The Balaban J connectivity index is 0.00000166. The predicted octanol–water partition coefficient (Wildman–Crippen LogP) is 4.51. The third-order valence-corrected chi connectivity index (χ3v) is 4.18. The number of halogens is 3. The summed E-state index contributed by atoms with van der Waals surface area (Å²) in [6.45, 7) is 3.20. The molecule has 0 amide bonds. The van der Waals surface area contributed by atoms with E-state index in [1.54, 1.807) is 7.11 Å². The number of nitrogens with zero attached hydrogens (tertiary/aromatic N) is 3. The Morgan fingerprint density at radius 1 is 1.23 bits per heavy atom. The van der Waals surface area contributed by atoms with Crippen molar-refractivity contribution in [1.82, 2.24) is 20.0 Å². The smallest absolute Gasteiger partial charge is 0.406 e. The summed E-state index contributed by atoms with van der Waals surface area (Å²) in [6.07, 6.45) is -1.88. The van der Waals surface area contributed by atoms with Gasteiger partial charge in [0.2, 0.25) is 0 Å². The maximum Gasteiger partial charge on any atom is 0.406 e. The monoisotopic (exact) mass is 456 g/mol. The summed E-state index contributed by atoms with van der Waals surface area (Å²) in [5.41, 5.74) is 1.24. The fourth-order valence-corrected chi connectivity index (χ4v) is 2.57. The van der Waals surface area contributed by atoms with E-state index in [1.165, 1.54) is 12.3 Å². The molecule has 3 rings (SSSR count). The minimum atomic E-state index is -4.34. The first-order chi connectivity index (χ1) is 14.8. The summed E-state index contributed by atoms with van der Waals surface area (Å²) in [4.78, 5) is 3.93. The molecule has 0 fully saturated rings. The van der Waals surface area contributed by atoms with Gasteiger partial charge in [0, 0.05) is 6.20 Å². The van der Waals surface area contributed by atoms with Crippen LogP contribution in [-0.4, -0.2) is 33.0 Å². The van der Waals surface area contributed by atoms with Crippen LogP contribution in [0.2, 0.25) is 0 Å². The minimum Gasteiger partial charge on any atom is -0.497 e. The number of imidazole rings is 1. The van der Waals surface area contributed by atoms with Crippen molar-refractivity contribution in [2.75, 3.05) is 7.11 Å². The van der Waals surface area contributed by atoms with Crippen molar-refractivity contribution in [2.24, 2.45) is 0 Å². The van der Waals surface area contributed by atoms with Crippen LogP contribution in [0, 0.1) is 0 Å². The second kappa shape index (κ2) is 11.3. The van der Waals surface area contributed by atoms with Gasteiger partial charge in [-0.05, 0) is 22.9 Å². The second-order valence-corrected chi connectivity index (χ2v) is 6.39. The molecular weight excluding hydrogens is 433 g/mol. The SMILES string of the molecule is CC.COc1ccc(COc2cc(C(=S)NCc3cncn3CC(F)(F)F)on2)cc1. The summed E-state index contributed by atoms with van der Waals surface area (Å²) >= 11 is 5.20. The number of nitrogens with one attached hydrogen (secondary N) is 1. The van der Waals surface area contributed by atoms with E-state index in [4.69, 9.17) is 26.2 Å². The molecule has 7 nitrogen and oxygen atoms in total. The predicted molar refractivity (Wildman–Crippen MR) is 112 cm³/mol. The van der Waals surface area contributed by atoms with E-state index in [-0.39, 0.29) is 29.8 Å². The van der Waals surface area contributed by atoms with Crippen molar-refractivity contribution in [3.63, 3.8) is 0 Å². The lowest BCUT2D eigenvalue weighted by Gasteiger charge is -2.11. The molecule has 0 unspecified atom stereocenters. The maximum absolute atomic E-state index is 12.6. The van der Waals surface area contributed by atoms with Gasteiger partial charge in [0.15, 0.2) is 5.76 Å². The standard InChI is InChI=1S/C18H17F3N4O3S.C2H6/c1-26-14-4-2-12(3-5-14)9-27-16-6-15(28-24-16)17(29)23-8-13-7-22-11-25(13)10-18(19,20)21;1-2/h2-7,11H,8-10H2,1H3,(H,23,29);1-2H3. The van der Waals surface area contributed by atoms with Crippen LogP contribution in [0.3, 0.4) is 0 Å². The molecule has 31 heavy (non-hydrogen) atoms. The van der Waals surface area contributed by atoms with Crippen LogP contribution in [0.25, 0.3) is 0 Å². The number of hydrogen-bond acceptors (Lipinski definition) is 6. The van der Waals surface area contributed by atoms with Crippen LogP contribution in [0.1, 0.15) is 30.9 Å². The van der Waals surface area contributed by atoms with E-state index >= 15 is 0 Å². The third kappa shape index (κ3) is 7.59. The fraction of sp³-hybridized carbons (Fsp3) is 0.350. The zero-order chi connectivity index (χ0) is 22.9. The zero-order valence-electron chi connectivity index (χ0n) is 17.3. The van der Waals surface area contributed by atoms with E-state index in [2.05, 4.69) is 15.5 Å². The van der Waals surface area contributed by atoms with E-state index in [1.807, 2.05) is 38.1 Å². The highest BCUT2D eigenvalue weighted by Crippen LogP contribution is 2.19. The van der Waals surface area contributed by atoms with E-state index in [0.717, 1.165) is 22.2 Å². The molecule has 0 radical (unpaired) electrons. The Bertz CT molecular complexity index is 955. The topological polar surface area (TPSA) is 74.3 Å². The molecule has 0 aliphatic carbocycles. The molecule has 0 aliphatic heterocycles. The Labute approximate surface area is 183 Å². The Morgan fingerprint density at radius 3 is 2.58 bits per heavy atom. The van der Waals surface area contributed by atoms with Gasteiger partial charge in [0.25, 0.3) is 5.88 Å². The van der Waals surface area contributed by atoms with Crippen LogP contribution in [0.5, 0.6) is 11.6 Å². The normalized spacial score (nSPS) is 10.8. The number of alkyl halides is 3. The average molecular weight is 456 g/mol. The number of hydrogen-bond donors (Lipinski definition) is 1. The quantitative estimate of drug-likeness (QED) is 0.500. The number of ether oxygens (including phenoxy) is 2. The van der Waals surface area contributed by atoms with Crippen LogP contribution < -0.4 is 14.8 Å². The Kier molecular flexibility index (Phi) is 8.86. The molecule has 168 valence electrons. The molecule has 0 atom stereocenters. The summed E-state index contributed by atoms with van der Waals surface area (Å²) in [6, 6.07) is 8.85. The first kappa shape index (κ1) is 24.2. The molecule has 1 N–H and O–H groups in total. The highest BCUT2D eigenvalue weighted by atomic mass is 32.1. The lowest BCUT2D eigenvalue weighted by molar-refractivity contribution is -0.141. The molecule has 2 heterocycles. The summed E-state index contributed by atoms with van der Waals surface area (Å²) in [5, 5.41) is 6.61. The molecule has 1 aromatic carbocycles. The van der Waals surface area contributed by atoms with Crippen molar-refractivity contribution in [2.45, 2.75) is 39.7 Å². The van der Waals surface area contributed by atoms with Crippen LogP contribution in [0.15, 0.2) is 47.4 Å². The summed E-state index contributed by atoms with van der Waals surface area (Å²) in [7, 11) is 1.59.